The number of imidazole rings is 1. The predicted octanol–water partition coefficient (Wildman–Crippen LogP) is 6.67. The molecule has 13 heteroatoms. The van der Waals surface area contributed by atoms with Gasteiger partial charge in [-0.1, -0.05) is 12.1 Å². The van der Waals surface area contributed by atoms with Gasteiger partial charge in [0.2, 0.25) is 11.2 Å². The molecule has 2 aromatic heterocycles. The molecule has 1 aliphatic carbocycles. The highest BCUT2D eigenvalue weighted by molar-refractivity contribution is 6.28. The molecule has 1 saturated carbocycles. The summed E-state index contributed by atoms with van der Waals surface area (Å²) >= 11 is 6.44. The third kappa shape index (κ3) is 5.57. The molecule has 2 unspecified atom stereocenters. The molecule has 2 aliphatic heterocycles. The number of piperazine rings is 1. The van der Waals surface area contributed by atoms with Gasteiger partial charge >= 0.3 is 6.18 Å². The third-order valence-electron chi connectivity index (χ3n) is 8.96. The molecule has 2 saturated heterocycles. The van der Waals surface area contributed by atoms with Crippen molar-refractivity contribution < 1.29 is 26.7 Å². The number of hydrogen-bond acceptors (Lipinski definition) is 6. The Labute approximate surface area is 246 Å². The SMILES string of the molecule is Cc1nc2c(N3C[C@@H](C)N(C(c4ccc(C(F)(F)F)cc4)C4CC(F)(F)C4)C[C@@H]3C)nc(Cl)nc2n1CC1CCCO1. The largest absolute Gasteiger partial charge is 0.416 e. The van der Waals surface area contributed by atoms with Crippen molar-refractivity contribution in [2.75, 3.05) is 24.6 Å². The highest BCUT2D eigenvalue weighted by atomic mass is 35.5. The number of nitrogens with zero attached hydrogens (tertiary/aromatic N) is 6. The lowest BCUT2D eigenvalue weighted by Gasteiger charge is -2.52. The molecule has 0 bridgehead atoms. The first-order valence-electron chi connectivity index (χ1n) is 14.4. The van der Waals surface area contributed by atoms with Crippen molar-refractivity contribution in [2.45, 2.75) is 89.3 Å². The quantitative estimate of drug-likeness (QED) is 0.229. The van der Waals surface area contributed by atoms with Crippen LogP contribution in [-0.4, -0.2) is 68.2 Å². The van der Waals surface area contributed by atoms with Crippen LogP contribution in [0.1, 0.15) is 62.5 Å². The lowest BCUT2D eigenvalue weighted by molar-refractivity contribution is -0.138. The highest BCUT2D eigenvalue weighted by Crippen LogP contribution is 2.51. The van der Waals surface area contributed by atoms with Gasteiger partial charge in [0.1, 0.15) is 5.82 Å². The Balaban J connectivity index is 1.29. The number of benzene rings is 1. The van der Waals surface area contributed by atoms with E-state index >= 15 is 0 Å². The van der Waals surface area contributed by atoms with Gasteiger partial charge in [-0.2, -0.15) is 23.1 Å². The van der Waals surface area contributed by atoms with Crippen LogP contribution in [0, 0.1) is 12.8 Å². The summed E-state index contributed by atoms with van der Waals surface area (Å²) in [6.07, 6.45) is -2.98. The first-order chi connectivity index (χ1) is 19.8. The minimum atomic E-state index is -4.47. The zero-order valence-electron chi connectivity index (χ0n) is 23.7. The third-order valence-corrected chi connectivity index (χ3v) is 9.13. The molecule has 7 nitrogen and oxygen atoms in total. The molecule has 3 aliphatic rings. The standard InChI is InChI=1S/C29H34ClF5N6O/c1-16-14-40(25-23-26(38-27(30)37-25)41(18(3)36-23)15-22-5-4-10-42-22)17(2)13-39(16)24(20-11-28(31,32)12-20)19-6-8-21(9-7-19)29(33,34)35/h6-9,16-17,20,22,24H,4-5,10-15H2,1-3H3/t16-,17+,22?,24?/m1/s1. The van der Waals surface area contributed by atoms with E-state index in [0.29, 0.717) is 42.2 Å². The number of aryl methyl sites for hydroxylation is 1. The number of ether oxygens (including phenoxy) is 1. The van der Waals surface area contributed by atoms with Crippen molar-refractivity contribution in [3.8, 4) is 0 Å². The van der Waals surface area contributed by atoms with Gasteiger partial charge in [0.25, 0.3) is 0 Å². The Morgan fingerprint density at radius 3 is 2.38 bits per heavy atom. The van der Waals surface area contributed by atoms with E-state index < -0.39 is 23.7 Å². The number of halogens is 6. The molecule has 4 heterocycles. The second-order valence-electron chi connectivity index (χ2n) is 12.0. The minimum absolute atomic E-state index is 0.0850. The molecule has 3 aromatic rings. The Kier molecular flexibility index (Phi) is 7.62. The van der Waals surface area contributed by atoms with Crippen molar-refractivity contribution >= 4 is 28.6 Å². The second-order valence-corrected chi connectivity index (χ2v) is 12.4. The smallest absolute Gasteiger partial charge is 0.376 e. The molecule has 3 fully saturated rings. The first kappa shape index (κ1) is 29.5. The Hall–Kier alpha value is -2.57. The van der Waals surface area contributed by atoms with E-state index in [0.717, 1.165) is 37.4 Å². The van der Waals surface area contributed by atoms with E-state index in [2.05, 4.69) is 19.8 Å². The number of aromatic nitrogens is 4. The summed E-state index contributed by atoms with van der Waals surface area (Å²) in [5.41, 5.74) is 1.14. The maximum absolute atomic E-state index is 14.0. The van der Waals surface area contributed by atoms with Gasteiger partial charge < -0.3 is 14.2 Å². The zero-order valence-corrected chi connectivity index (χ0v) is 24.5. The van der Waals surface area contributed by atoms with E-state index in [9.17, 15) is 22.0 Å². The van der Waals surface area contributed by atoms with Gasteiger partial charge in [0.15, 0.2) is 17.0 Å². The van der Waals surface area contributed by atoms with E-state index in [1.54, 1.807) is 0 Å². The van der Waals surface area contributed by atoms with Crippen LogP contribution in [-0.2, 0) is 17.5 Å². The van der Waals surface area contributed by atoms with Crippen LogP contribution >= 0.6 is 11.6 Å². The molecule has 228 valence electrons. The number of alkyl halides is 5. The summed E-state index contributed by atoms with van der Waals surface area (Å²) in [6, 6.07) is 4.28. The predicted molar refractivity (Wildman–Crippen MR) is 149 cm³/mol. The van der Waals surface area contributed by atoms with Gasteiger partial charge in [-0.3, -0.25) is 4.90 Å². The van der Waals surface area contributed by atoms with Gasteiger partial charge in [-0.05, 0) is 68.8 Å². The summed E-state index contributed by atoms with van der Waals surface area (Å²) in [7, 11) is 0. The normalized spacial score (nSPS) is 26.1. The Morgan fingerprint density at radius 1 is 1.05 bits per heavy atom. The fourth-order valence-electron chi connectivity index (χ4n) is 6.85. The van der Waals surface area contributed by atoms with Crippen molar-refractivity contribution in [2.24, 2.45) is 5.92 Å². The van der Waals surface area contributed by atoms with Crippen LogP contribution in [0.25, 0.3) is 11.2 Å². The van der Waals surface area contributed by atoms with Crippen LogP contribution in [0.2, 0.25) is 5.28 Å². The van der Waals surface area contributed by atoms with Gasteiger partial charge in [-0.15, -0.1) is 0 Å². The van der Waals surface area contributed by atoms with Crippen molar-refractivity contribution in [1.29, 1.82) is 0 Å². The summed E-state index contributed by atoms with van der Waals surface area (Å²) in [5.74, 6) is -1.73. The van der Waals surface area contributed by atoms with Crippen molar-refractivity contribution in [3.05, 3.63) is 46.5 Å². The molecular weight excluding hydrogens is 579 g/mol. The highest BCUT2D eigenvalue weighted by Gasteiger charge is 2.51. The molecule has 0 amide bonds. The summed E-state index contributed by atoms with van der Waals surface area (Å²) in [6.45, 7) is 8.30. The van der Waals surface area contributed by atoms with E-state index in [4.69, 9.17) is 21.3 Å². The second kappa shape index (κ2) is 10.9. The van der Waals surface area contributed by atoms with Gasteiger partial charge in [0, 0.05) is 50.7 Å². The summed E-state index contributed by atoms with van der Waals surface area (Å²) in [5, 5.41) is 0.104. The zero-order chi connectivity index (χ0) is 30.0. The van der Waals surface area contributed by atoms with Crippen LogP contribution in [0.4, 0.5) is 27.8 Å². The van der Waals surface area contributed by atoms with E-state index in [1.165, 1.54) is 12.1 Å². The molecule has 1 aromatic carbocycles. The lowest BCUT2D eigenvalue weighted by Crippen LogP contribution is -2.59. The Morgan fingerprint density at radius 2 is 1.76 bits per heavy atom. The van der Waals surface area contributed by atoms with Gasteiger partial charge in [-0.25, -0.2) is 13.8 Å². The fourth-order valence-corrected chi connectivity index (χ4v) is 7.01. The van der Waals surface area contributed by atoms with Crippen molar-refractivity contribution in [3.63, 3.8) is 0 Å². The molecule has 6 rings (SSSR count). The Bertz CT molecular complexity index is 1430. The number of fused-ring (bicyclic) bond motifs is 1. The maximum atomic E-state index is 14.0. The van der Waals surface area contributed by atoms with E-state index in [1.807, 2.05) is 25.3 Å². The first-order valence-corrected chi connectivity index (χ1v) is 14.8. The number of anilines is 1. The summed E-state index contributed by atoms with van der Waals surface area (Å²) < 4.78 is 75.7. The molecule has 0 N–H and O–H groups in total. The van der Waals surface area contributed by atoms with Gasteiger partial charge in [0.05, 0.1) is 18.2 Å². The van der Waals surface area contributed by atoms with Crippen molar-refractivity contribution in [1.82, 2.24) is 24.4 Å². The monoisotopic (exact) mass is 612 g/mol. The van der Waals surface area contributed by atoms with Crippen LogP contribution in [0.3, 0.4) is 0 Å². The minimum Gasteiger partial charge on any atom is -0.376 e. The van der Waals surface area contributed by atoms with Crippen LogP contribution in [0.15, 0.2) is 24.3 Å². The molecule has 4 atom stereocenters. The molecular formula is C29H34ClF5N6O. The lowest BCUT2D eigenvalue weighted by atomic mass is 9.73. The number of rotatable bonds is 6. The fraction of sp³-hybridized carbons (Fsp3) is 0.621. The maximum Gasteiger partial charge on any atom is 0.416 e. The van der Waals surface area contributed by atoms with Crippen LogP contribution < -0.4 is 4.90 Å². The molecule has 42 heavy (non-hydrogen) atoms. The molecule has 0 radical (unpaired) electrons. The average molecular weight is 613 g/mol. The topological polar surface area (TPSA) is 59.3 Å². The average Bonchev–Trinajstić information content (AvgIpc) is 3.52. The summed E-state index contributed by atoms with van der Waals surface area (Å²) in [4.78, 5) is 18.2. The van der Waals surface area contributed by atoms with E-state index in [-0.39, 0.29) is 42.2 Å². The molecule has 0 spiro atoms. The van der Waals surface area contributed by atoms with Crippen LogP contribution in [0.5, 0.6) is 0 Å². The number of hydrogen-bond donors (Lipinski definition) is 0.